The maximum absolute atomic E-state index is 10.9. The number of carbonyl (C=O) groups is 1. The van der Waals surface area contributed by atoms with E-state index in [4.69, 9.17) is 0 Å². The summed E-state index contributed by atoms with van der Waals surface area (Å²) in [6, 6.07) is -0.144. The molecule has 4 heteroatoms. The molecule has 1 aliphatic heterocycles. The lowest BCUT2D eigenvalue weighted by molar-refractivity contribution is -0.121. The van der Waals surface area contributed by atoms with Crippen LogP contribution in [-0.2, 0) is 4.79 Å². The average Bonchev–Trinajstić information content (AvgIpc) is 2.34. The molecule has 10 heavy (non-hydrogen) atoms. The SMILES string of the molecule is CNC(=O)C1CSC(C)=N1. The third kappa shape index (κ3) is 1.50. The Labute approximate surface area is 64.3 Å². The minimum absolute atomic E-state index is 0.0179. The van der Waals surface area contributed by atoms with Crippen molar-refractivity contribution in [1.29, 1.82) is 0 Å². The molecular formula is C6H10N2OS. The molecule has 3 nitrogen and oxygen atoms in total. The summed E-state index contributed by atoms with van der Waals surface area (Å²) in [7, 11) is 1.64. The second-order valence-electron chi connectivity index (χ2n) is 2.09. The summed E-state index contributed by atoms with van der Waals surface area (Å²) in [6.07, 6.45) is 0. The van der Waals surface area contributed by atoms with E-state index < -0.39 is 0 Å². The van der Waals surface area contributed by atoms with Crippen molar-refractivity contribution >= 4 is 22.7 Å². The highest BCUT2D eigenvalue weighted by Crippen LogP contribution is 2.16. The van der Waals surface area contributed by atoms with E-state index in [1.54, 1.807) is 18.8 Å². The molecule has 56 valence electrons. The Morgan fingerprint density at radius 3 is 3.00 bits per heavy atom. The van der Waals surface area contributed by atoms with Crippen LogP contribution in [0.1, 0.15) is 6.92 Å². The van der Waals surface area contributed by atoms with Crippen LogP contribution in [-0.4, -0.2) is 29.8 Å². The van der Waals surface area contributed by atoms with Gasteiger partial charge >= 0.3 is 0 Å². The molecular weight excluding hydrogens is 148 g/mol. The summed E-state index contributed by atoms with van der Waals surface area (Å²) in [5.74, 6) is 0.815. The fourth-order valence-corrected chi connectivity index (χ4v) is 1.62. The largest absolute Gasteiger partial charge is 0.357 e. The first-order chi connectivity index (χ1) is 4.74. The van der Waals surface area contributed by atoms with Crippen LogP contribution >= 0.6 is 11.8 Å². The van der Waals surface area contributed by atoms with E-state index in [-0.39, 0.29) is 11.9 Å². The number of rotatable bonds is 1. The molecule has 0 radical (unpaired) electrons. The number of hydrogen-bond donors (Lipinski definition) is 1. The highest BCUT2D eigenvalue weighted by atomic mass is 32.2. The zero-order valence-corrected chi connectivity index (χ0v) is 6.86. The molecule has 0 saturated carbocycles. The number of thioether (sulfide) groups is 1. The van der Waals surface area contributed by atoms with Crippen LogP contribution in [0.15, 0.2) is 4.99 Å². The maximum atomic E-state index is 10.9. The third-order valence-corrected chi connectivity index (χ3v) is 2.34. The number of hydrogen-bond acceptors (Lipinski definition) is 3. The molecule has 0 saturated heterocycles. The van der Waals surface area contributed by atoms with Gasteiger partial charge in [-0.05, 0) is 6.92 Å². The molecule has 0 aromatic carbocycles. The van der Waals surface area contributed by atoms with Crippen molar-refractivity contribution in [3.8, 4) is 0 Å². The van der Waals surface area contributed by atoms with E-state index in [1.807, 2.05) is 6.92 Å². The van der Waals surface area contributed by atoms with E-state index in [0.29, 0.717) is 0 Å². The van der Waals surface area contributed by atoms with Gasteiger partial charge in [0.1, 0.15) is 6.04 Å². The van der Waals surface area contributed by atoms with Gasteiger partial charge in [-0.1, -0.05) is 0 Å². The van der Waals surface area contributed by atoms with Gasteiger partial charge in [-0.25, -0.2) is 0 Å². The molecule has 0 aliphatic carbocycles. The Balaban J connectivity index is 2.52. The predicted octanol–water partition coefficient (Wildman–Crippen LogP) is 0.266. The standard InChI is InChI=1S/C6H10N2OS/c1-4-8-5(3-10-4)6(9)7-2/h5H,3H2,1-2H3,(H,7,9). The van der Waals surface area contributed by atoms with Gasteiger partial charge in [0.2, 0.25) is 5.91 Å². The molecule has 1 amide bonds. The normalized spacial score (nSPS) is 24.2. The minimum Gasteiger partial charge on any atom is -0.357 e. The molecule has 0 spiro atoms. The van der Waals surface area contributed by atoms with Crippen LogP contribution < -0.4 is 5.32 Å². The van der Waals surface area contributed by atoms with Crippen molar-refractivity contribution in [3.63, 3.8) is 0 Å². The highest BCUT2D eigenvalue weighted by Gasteiger charge is 2.21. The summed E-state index contributed by atoms with van der Waals surface area (Å²) < 4.78 is 0. The second-order valence-corrected chi connectivity index (χ2v) is 3.30. The Kier molecular flexibility index (Phi) is 2.32. The van der Waals surface area contributed by atoms with Crippen molar-refractivity contribution in [2.75, 3.05) is 12.8 Å². The molecule has 1 unspecified atom stereocenters. The Morgan fingerprint density at radius 2 is 2.60 bits per heavy atom. The number of carbonyl (C=O) groups excluding carboxylic acids is 1. The van der Waals surface area contributed by atoms with Crippen molar-refractivity contribution in [1.82, 2.24) is 5.32 Å². The van der Waals surface area contributed by atoms with Gasteiger partial charge in [0.05, 0.1) is 5.04 Å². The van der Waals surface area contributed by atoms with E-state index in [2.05, 4.69) is 10.3 Å². The van der Waals surface area contributed by atoms with Gasteiger partial charge in [0.15, 0.2) is 0 Å². The summed E-state index contributed by atoms with van der Waals surface area (Å²) in [4.78, 5) is 15.1. The molecule has 1 heterocycles. The number of nitrogens with zero attached hydrogens (tertiary/aromatic N) is 1. The summed E-state index contributed by atoms with van der Waals surface area (Å²) >= 11 is 1.64. The van der Waals surface area contributed by atoms with E-state index in [0.717, 1.165) is 10.8 Å². The number of likely N-dealkylation sites (N-methyl/N-ethyl adjacent to an activating group) is 1. The van der Waals surface area contributed by atoms with Crippen LogP contribution in [0.4, 0.5) is 0 Å². The van der Waals surface area contributed by atoms with Gasteiger partial charge in [0.25, 0.3) is 0 Å². The lowest BCUT2D eigenvalue weighted by Crippen LogP contribution is -2.30. The van der Waals surface area contributed by atoms with Crippen molar-refractivity contribution < 1.29 is 4.79 Å². The number of amides is 1. The van der Waals surface area contributed by atoms with Gasteiger partial charge in [0, 0.05) is 12.8 Å². The van der Waals surface area contributed by atoms with E-state index >= 15 is 0 Å². The van der Waals surface area contributed by atoms with Gasteiger partial charge in [-0.15, -0.1) is 11.8 Å². The van der Waals surface area contributed by atoms with Gasteiger partial charge < -0.3 is 5.32 Å². The topological polar surface area (TPSA) is 41.5 Å². The van der Waals surface area contributed by atoms with Crippen LogP contribution in [0.3, 0.4) is 0 Å². The first kappa shape index (κ1) is 7.60. The lowest BCUT2D eigenvalue weighted by atomic mass is 10.3. The third-order valence-electron chi connectivity index (χ3n) is 1.34. The average molecular weight is 158 g/mol. The minimum atomic E-state index is -0.144. The predicted molar refractivity (Wildman–Crippen MR) is 43.4 cm³/mol. The van der Waals surface area contributed by atoms with Crippen molar-refractivity contribution in [2.45, 2.75) is 13.0 Å². The number of aliphatic imine (C=N–C) groups is 1. The zero-order chi connectivity index (χ0) is 7.56. The van der Waals surface area contributed by atoms with E-state index in [9.17, 15) is 4.79 Å². The molecule has 1 atom stereocenters. The first-order valence-corrected chi connectivity index (χ1v) is 4.11. The fourth-order valence-electron chi connectivity index (χ4n) is 0.794. The maximum Gasteiger partial charge on any atom is 0.245 e. The molecule has 0 fully saturated rings. The monoisotopic (exact) mass is 158 g/mol. The molecule has 0 bridgehead atoms. The van der Waals surface area contributed by atoms with Gasteiger partial charge in [-0.2, -0.15) is 0 Å². The van der Waals surface area contributed by atoms with Gasteiger partial charge in [-0.3, -0.25) is 9.79 Å². The van der Waals surface area contributed by atoms with Crippen LogP contribution in [0, 0.1) is 0 Å². The highest BCUT2D eigenvalue weighted by molar-refractivity contribution is 8.14. The summed E-state index contributed by atoms with van der Waals surface area (Å²) in [5, 5.41) is 3.58. The zero-order valence-electron chi connectivity index (χ0n) is 6.05. The molecule has 0 aromatic heterocycles. The Hall–Kier alpha value is -0.510. The van der Waals surface area contributed by atoms with Crippen LogP contribution in [0.2, 0.25) is 0 Å². The lowest BCUT2D eigenvalue weighted by Gasteiger charge is -2.01. The summed E-state index contributed by atoms with van der Waals surface area (Å²) in [5.41, 5.74) is 0. The fraction of sp³-hybridized carbons (Fsp3) is 0.667. The summed E-state index contributed by atoms with van der Waals surface area (Å²) in [6.45, 7) is 1.92. The molecule has 1 N–H and O–H groups in total. The molecule has 0 aromatic rings. The molecule has 1 rings (SSSR count). The quantitative estimate of drug-likeness (QED) is 0.595. The molecule has 1 aliphatic rings. The van der Waals surface area contributed by atoms with Crippen molar-refractivity contribution in [2.24, 2.45) is 4.99 Å². The number of nitrogens with one attached hydrogen (secondary N) is 1. The van der Waals surface area contributed by atoms with Crippen LogP contribution in [0.5, 0.6) is 0 Å². The van der Waals surface area contributed by atoms with Crippen molar-refractivity contribution in [3.05, 3.63) is 0 Å². The first-order valence-electron chi connectivity index (χ1n) is 3.13. The Bertz CT molecular complexity index is 179. The van der Waals surface area contributed by atoms with Crippen LogP contribution in [0.25, 0.3) is 0 Å². The second kappa shape index (κ2) is 3.05. The van der Waals surface area contributed by atoms with E-state index in [1.165, 1.54) is 0 Å². The smallest absolute Gasteiger partial charge is 0.245 e. The Morgan fingerprint density at radius 1 is 1.90 bits per heavy atom.